The maximum atomic E-state index is 13.6. The lowest BCUT2D eigenvalue weighted by atomic mass is 9.99. The fraction of sp³-hybridized carbons (Fsp3) is 0.333. The molecule has 1 atom stereocenters. The molecule has 2 aromatic carbocycles. The zero-order valence-electron chi connectivity index (χ0n) is 16.6. The number of nitrogens with one attached hydrogen (secondary N) is 2. The lowest BCUT2D eigenvalue weighted by Crippen LogP contribution is -2.36. The molecular weight excluding hydrogens is 383 g/mol. The second-order valence-electron chi connectivity index (χ2n) is 6.92. The van der Waals surface area contributed by atoms with E-state index < -0.39 is 29.0 Å². The Morgan fingerprint density at radius 3 is 2.10 bits per heavy atom. The smallest absolute Gasteiger partial charge is 0.238 e. The standard InChI is InChI=1S/C21H24F3N3O2/c1-4-13(2)14-5-7-15(8-6-14)25-18(28)11-27(3)12-19(29)26-17-10-9-16(22)20(23)21(17)24/h5-10,13H,4,11-12H2,1-3H3,(H,25,28)(H,26,29)/t13-/m1/s1. The number of hydrogen-bond acceptors (Lipinski definition) is 3. The van der Waals surface area contributed by atoms with Gasteiger partial charge in [-0.1, -0.05) is 26.0 Å². The van der Waals surface area contributed by atoms with Gasteiger partial charge in [-0.2, -0.15) is 0 Å². The van der Waals surface area contributed by atoms with Crippen LogP contribution in [-0.2, 0) is 9.59 Å². The number of nitrogens with zero attached hydrogens (tertiary/aromatic N) is 1. The van der Waals surface area contributed by atoms with Gasteiger partial charge in [-0.25, -0.2) is 13.2 Å². The van der Waals surface area contributed by atoms with Gasteiger partial charge in [-0.05, 0) is 49.2 Å². The summed E-state index contributed by atoms with van der Waals surface area (Å²) in [6.07, 6.45) is 1.02. The van der Waals surface area contributed by atoms with Crippen molar-refractivity contribution in [3.05, 3.63) is 59.4 Å². The van der Waals surface area contributed by atoms with E-state index in [4.69, 9.17) is 0 Å². The number of carbonyl (C=O) groups excluding carboxylic acids is 2. The summed E-state index contributed by atoms with van der Waals surface area (Å²) >= 11 is 0. The first-order valence-corrected chi connectivity index (χ1v) is 9.23. The van der Waals surface area contributed by atoms with E-state index in [0.717, 1.165) is 18.6 Å². The molecule has 0 spiro atoms. The number of halogens is 3. The first-order valence-electron chi connectivity index (χ1n) is 9.23. The van der Waals surface area contributed by atoms with Crippen molar-refractivity contribution in [2.24, 2.45) is 0 Å². The minimum Gasteiger partial charge on any atom is -0.325 e. The van der Waals surface area contributed by atoms with Crippen molar-refractivity contribution < 1.29 is 22.8 Å². The van der Waals surface area contributed by atoms with Crippen LogP contribution in [0.3, 0.4) is 0 Å². The Labute approximate surface area is 167 Å². The Balaban J connectivity index is 1.85. The Bertz CT molecular complexity index is 872. The molecular formula is C21H24F3N3O2. The van der Waals surface area contributed by atoms with Crippen molar-refractivity contribution in [3.63, 3.8) is 0 Å². The van der Waals surface area contributed by atoms with Gasteiger partial charge in [0.1, 0.15) is 0 Å². The molecule has 2 amide bonds. The Hall–Kier alpha value is -2.87. The van der Waals surface area contributed by atoms with E-state index in [1.54, 1.807) is 0 Å². The van der Waals surface area contributed by atoms with Gasteiger partial charge in [0.25, 0.3) is 0 Å². The zero-order valence-corrected chi connectivity index (χ0v) is 16.6. The van der Waals surface area contributed by atoms with Crippen molar-refractivity contribution >= 4 is 23.2 Å². The van der Waals surface area contributed by atoms with Crippen molar-refractivity contribution in [3.8, 4) is 0 Å². The Morgan fingerprint density at radius 1 is 0.931 bits per heavy atom. The molecule has 8 heteroatoms. The summed E-state index contributed by atoms with van der Waals surface area (Å²) in [6, 6.07) is 9.20. The molecule has 2 aromatic rings. The van der Waals surface area contributed by atoms with Crippen molar-refractivity contribution in [2.45, 2.75) is 26.2 Å². The third kappa shape index (κ3) is 6.32. The molecule has 0 saturated heterocycles. The van der Waals surface area contributed by atoms with Crippen LogP contribution in [0, 0.1) is 17.5 Å². The molecule has 0 aromatic heterocycles. The predicted octanol–water partition coefficient (Wildman–Crippen LogP) is 4.13. The van der Waals surface area contributed by atoms with Crippen LogP contribution >= 0.6 is 0 Å². The molecule has 0 unspecified atom stereocenters. The van der Waals surface area contributed by atoms with Crippen LogP contribution in [0.1, 0.15) is 31.7 Å². The molecule has 0 aliphatic heterocycles. The predicted molar refractivity (Wildman–Crippen MR) is 106 cm³/mol. The van der Waals surface area contributed by atoms with Crippen LogP contribution in [0.2, 0.25) is 0 Å². The van der Waals surface area contributed by atoms with E-state index in [1.165, 1.54) is 17.5 Å². The largest absolute Gasteiger partial charge is 0.325 e. The van der Waals surface area contributed by atoms with Gasteiger partial charge < -0.3 is 10.6 Å². The lowest BCUT2D eigenvalue weighted by Gasteiger charge is -2.16. The fourth-order valence-electron chi connectivity index (χ4n) is 2.69. The summed E-state index contributed by atoms with van der Waals surface area (Å²) in [4.78, 5) is 25.5. The van der Waals surface area contributed by atoms with Crippen LogP contribution in [0.15, 0.2) is 36.4 Å². The average molecular weight is 407 g/mol. The third-order valence-corrected chi connectivity index (χ3v) is 4.51. The van der Waals surface area contributed by atoms with Crippen LogP contribution in [-0.4, -0.2) is 36.9 Å². The molecule has 0 bridgehead atoms. The summed E-state index contributed by atoms with van der Waals surface area (Å²) in [5, 5.41) is 4.90. The van der Waals surface area contributed by atoms with Crippen LogP contribution in [0.5, 0.6) is 0 Å². The number of benzene rings is 2. The summed E-state index contributed by atoms with van der Waals surface area (Å²) in [5.41, 5.74) is 1.36. The summed E-state index contributed by atoms with van der Waals surface area (Å²) in [5.74, 6) is -5.02. The van der Waals surface area contributed by atoms with E-state index >= 15 is 0 Å². The highest BCUT2D eigenvalue weighted by atomic mass is 19.2. The van der Waals surface area contributed by atoms with E-state index in [0.29, 0.717) is 11.6 Å². The molecule has 0 heterocycles. The van der Waals surface area contributed by atoms with E-state index in [9.17, 15) is 22.8 Å². The average Bonchev–Trinajstić information content (AvgIpc) is 2.68. The maximum absolute atomic E-state index is 13.6. The van der Waals surface area contributed by atoms with E-state index in [-0.39, 0.29) is 19.0 Å². The van der Waals surface area contributed by atoms with Gasteiger partial charge in [0.15, 0.2) is 17.5 Å². The second kappa shape index (κ2) is 10.1. The minimum absolute atomic E-state index is 0.0825. The molecule has 0 saturated carbocycles. The number of carbonyl (C=O) groups is 2. The van der Waals surface area contributed by atoms with E-state index in [1.807, 2.05) is 24.3 Å². The van der Waals surface area contributed by atoms with Gasteiger partial charge in [-0.15, -0.1) is 0 Å². The highest BCUT2D eigenvalue weighted by Gasteiger charge is 2.17. The maximum Gasteiger partial charge on any atom is 0.238 e. The number of anilines is 2. The molecule has 0 aliphatic carbocycles. The van der Waals surface area contributed by atoms with Gasteiger partial charge in [0.05, 0.1) is 18.8 Å². The minimum atomic E-state index is -1.66. The SMILES string of the molecule is CC[C@@H](C)c1ccc(NC(=O)CN(C)CC(=O)Nc2ccc(F)c(F)c2F)cc1. The molecule has 2 N–H and O–H groups in total. The zero-order chi connectivity index (χ0) is 21.6. The van der Waals surface area contributed by atoms with Gasteiger partial charge in [0, 0.05) is 5.69 Å². The molecule has 29 heavy (non-hydrogen) atoms. The summed E-state index contributed by atoms with van der Waals surface area (Å²) < 4.78 is 39.7. The van der Waals surface area contributed by atoms with Crippen LogP contribution in [0.25, 0.3) is 0 Å². The molecule has 156 valence electrons. The first-order chi connectivity index (χ1) is 13.7. The fourth-order valence-corrected chi connectivity index (χ4v) is 2.69. The molecule has 0 radical (unpaired) electrons. The Morgan fingerprint density at radius 2 is 1.52 bits per heavy atom. The van der Waals surface area contributed by atoms with Crippen LogP contribution in [0.4, 0.5) is 24.5 Å². The molecule has 5 nitrogen and oxygen atoms in total. The number of hydrogen-bond donors (Lipinski definition) is 2. The van der Waals surface area contributed by atoms with Gasteiger partial charge in [-0.3, -0.25) is 14.5 Å². The molecule has 2 rings (SSSR count). The van der Waals surface area contributed by atoms with Crippen molar-refractivity contribution in [1.82, 2.24) is 4.90 Å². The monoisotopic (exact) mass is 407 g/mol. The molecule has 0 fully saturated rings. The molecule has 0 aliphatic rings. The normalized spacial score (nSPS) is 12.0. The van der Waals surface area contributed by atoms with Crippen molar-refractivity contribution in [1.29, 1.82) is 0 Å². The van der Waals surface area contributed by atoms with Gasteiger partial charge >= 0.3 is 0 Å². The number of likely N-dealkylation sites (N-methyl/N-ethyl adjacent to an activating group) is 1. The highest BCUT2D eigenvalue weighted by Crippen LogP contribution is 2.21. The number of rotatable bonds is 8. The van der Waals surface area contributed by atoms with Crippen LogP contribution < -0.4 is 10.6 Å². The van der Waals surface area contributed by atoms with Gasteiger partial charge in [0.2, 0.25) is 11.8 Å². The topological polar surface area (TPSA) is 61.4 Å². The third-order valence-electron chi connectivity index (χ3n) is 4.51. The Kier molecular flexibility index (Phi) is 7.78. The summed E-state index contributed by atoms with van der Waals surface area (Å²) in [6.45, 7) is 3.91. The van der Waals surface area contributed by atoms with E-state index in [2.05, 4.69) is 24.5 Å². The lowest BCUT2D eigenvalue weighted by molar-refractivity contribution is -0.119. The van der Waals surface area contributed by atoms with Crippen molar-refractivity contribution in [2.75, 3.05) is 30.8 Å². The quantitative estimate of drug-likeness (QED) is 0.647. The highest BCUT2D eigenvalue weighted by molar-refractivity contribution is 5.94. The number of amides is 2. The second-order valence-corrected chi connectivity index (χ2v) is 6.92. The summed E-state index contributed by atoms with van der Waals surface area (Å²) in [7, 11) is 1.53. The first kappa shape index (κ1) is 22.4.